The molecule has 2 nitrogen and oxygen atoms in total. The Balaban J connectivity index is 3.02. The fourth-order valence-corrected chi connectivity index (χ4v) is 1.44. The molecule has 0 saturated heterocycles. The van der Waals surface area contributed by atoms with Crippen LogP contribution in [0.5, 0.6) is 0 Å². The summed E-state index contributed by atoms with van der Waals surface area (Å²) in [4.78, 5) is 22.3. The quantitative estimate of drug-likeness (QED) is 0.476. The van der Waals surface area contributed by atoms with E-state index in [1.165, 1.54) is 0 Å². The lowest BCUT2D eigenvalue weighted by molar-refractivity contribution is -0.112. The molecule has 0 aliphatic rings. The van der Waals surface area contributed by atoms with Crippen molar-refractivity contribution in [1.82, 2.24) is 0 Å². The monoisotopic (exact) mass is 260 g/mol. The van der Waals surface area contributed by atoms with E-state index in [9.17, 15) is 9.59 Å². The minimum Gasteiger partial charge on any atom is -0.289 e. The molecule has 0 unspecified atom stereocenters. The molecule has 0 aliphatic heterocycles. The number of carbonyl (C=O) groups excluding carboxylic acids is 2. The van der Waals surface area contributed by atoms with Gasteiger partial charge in [-0.3, -0.25) is 9.59 Å². The molecule has 0 amide bonds. The summed E-state index contributed by atoms with van der Waals surface area (Å²) in [6.07, 6.45) is 0. The molecule has 0 radical (unpaired) electrons. The first-order valence-electron chi connectivity index (χ1n) is 3.55. The van der Waals surface area contributed by atoms with Gasteiger partial charge in [-0.05, 0) is 12.1 Å². The lowest BCUT2D eigenvalue weighted by Gasteiger charge is -1.99. The molecular formula is C9H6BrClO2. The normalized spacial score (nSPS) is 9.69. The van der Waals surface area contributed by atoms with E-state index in [1.54, 1.807) is 24.3 Å². The van der Waals surface area contributed by atoms with Crippen LogP contribution in [0.15, 0.2) is 28.7 Å². The summed E-state index contributed by atoms with van der Waals surface area (Å²) in [5.74, 6) is -1.42. The SMILES string of the molecule is O=C(CCl)C(=O)c1ccccc1Br. The van der Waals surface area contributed by atoms with Gasteiger partial charge in [0.05, 0.1) is 5.88 Å². The van der Waals surface area contributed by atoms with Gasteiger partial charge in [0.25, 0.3) is 0 Å². The minimum absolute atomic E-state index is 0.278. The van der Waals surface area contributed by atoms with E-state index in [0.29, 0.717) is 10.0 Å². The fourth-order valence-electron chi connectivity index (χ4n) is 0.856. The maximum Gasteiger partial charge on any atom is 0.230 e. The molecule has 1 aromatic carbocycles. The second-order valence-electron chi connectivity index (χ2n) is 2.37. The van der Waals surface area contributed by atoms with Crippen molar-refractivity contribution in [3.8, 4) is 0 Å². The zero-order valence-electron chi connectivity index (χ0n) is 6.59. The predicted molar refractivity (Wildman–Crippen MR) is 54.2 cm³/mol. The van der Waals surface area contributed by atoms with Crippen molar-refractivity contribution in [1.29, 1.82) is 0 Å². The third-order valence-corrected chi connectivity index (χ3v) is 2.43. The van der Waals surface area contributed by atoms with E-state index in [1.807, 2.05) is 0 Å². The highest BCUT2D eigenvalue weighted by atomic mass is 79.9. The lowest BCUT2D eigenvalue weighted by Crippen LogP contribution is -2.15. The van der Waals surface area contributed by atoms with Crippen molar-refractivity contribution >= 4 is 39.1 Å². The Bertz CT molecular complexity index is 349. The highest BCUT2D eigenvalue weighted by Gasteiger charge is 2.16. The topological polar surface area (TPSA) is 34.1 Å². The number of carbonyl (C=O) groups is 2. The van der Waals surface area contributed by atoms with Crippen LogP contribution in [0.4, 0.5) is 0 Å². The fraction of sp³-hybridized carbons (Fsp3) is 0.111. The van der Waals surface area contributed by atoms with Crippen LogP contribution in [0.2, 0.25) is 0 Å². The van der Waals surface area contributed by atoms with Crippen LogP contribution >= 0.6 is 27.5 Å². The highest BCUT2D eigenvalue weighted by molar-refractivity contribution is 9.10. The van der Waals surface area contributed by atoms with Crippen LogP contribution in [-0.4, -0.2) is 17.4 Å². The van der Waals surface area contributed by atoms with E-state index in [-0.39, 0.29) is 5.88 Å². The maximum atomic E-state index is 11.3. The lowest BCUT2D eigenvalue weighted by atomic mass is 10.1. The van der Waals surface area contributed by atoms with Gasteiger partial charge >= 0.3 is 0 Å². The molecule has 0 heterocycles. The van der Waals surface area contributed by atoms with E-state index in [4.69, 9.17) is 11.6 Å². The van der Waals surface area contributed by atoms with Crippen LogP contribution in [0.3, 0.4) is 0 Å². The third kappa shape index (κ3) is 2.39. The van der Waals surface area contributed by atoms with Gasteiger partial charge in [0.2, 0.25) is 11.6 Å². The van der Waals surface area contributed by atoms with Gasteiger partial charge in [-0.2, -0.15) is 0 Å². The van der Waals surface area contributed by atoms with Crippen LogP contribution in [0, 0.1) is 0 Å². The zero-order chi connectivity index (χ0) is 9.84. The predicted octanol–water partition coefficient (Wildman–Crippen LogP) is 2.44. The minimum atomic E-state index is -0.589. The first kappa shape index (κ1) is 10.4. The molecule has 0 fully saturated rings. The van der Waals surface area contributed by atoms with Crippen molar-refractivity contribution in [3.63, 3.8) is 0 Å². The third-order valence-electron chi connectivity index (χ3n) is 1.49. The standard InChI is InChI=1S/C9H6BrClO2/c10-7-4-2-1-3-6(7)9(13)8(12)5-11/h1-4H,5H2. The van der Waals surface area contributed by atoms with Gasteiger partial charge in [-0.1, -0.05) is 28.1 Å². The van der Waals surface area contributed by atoms with Gasteiger partial charge in [0.15, 0.2) is 0 Å². The van der Waals surface area contributed by atoms with E-state index in [0.717, 1.165) is 0 Å². The number of Topliss-reactive ketones (excluding diaryl/α,β-unsaturated/α-hetero) is 2. The Hall–Kier alpha value is -0.670. The largest absolute Gasteiger partial charge is 0.289 e. The number of hydrogen-bond donors (Lipinski definition) is 0. The molecular weight excluding hydrogens is 255 g/mol. The Morgan fingerprint density at radius 3 is 2.46 bits per heavy atom. The highest BCUT2D eigenvalue weighted by Crippen LogP contribution is 2.16. The molecule has 0 saturated carbocycles. The van der Waals surface area contributed by atoms with Crippen molar-refractivity contribution in [2.45, 2.75) is 0 Å². The Morgan fingerprint density at radius 1 is 1.31 bits per heavy atom. The van der Waals surface area contributed by atoms with Crippen LogP contribution < -0.4 is 0 Å². The zero-order valence-corrected chi connectivity index (χ0v) is 8.93. The Morgan fingerprint density at radius 2 is 1.92 bits per heavy atom. The molecule has 0 bridgehead atoms. The summed E-state index contributed by atoms with van der Waals surface area (Å²) >= 11 is 8.44. The molecule has 1 aromatic rings. The van der Waals surface area contributed by atoms with Crippen LogP contribution in [0.1, 0.15) is 10.4 Å². The first-order valence-corrected chi connectivity index (χ1v) is 4.87. The number of alkyl halides is 1. The molecule has 0 aliphatic carbocycles. The molecule has 0 aromatic heterocycles. The number of benzene rings is 1. The van der Waals surface area contributed by atoms with Crippen molar-refractivity contribution in [2.24, 2.45) is 0 Å². The molecule has 13 heavy (non-hydrogen) atoms. The smallest absolute Gasteiger partial charge is 0.230 e. The molecule has 0 spiro atoms. The number of hydrogen-bond acceptors (Lipinski definition) is 2. The van der Waals surface area contributed by atoms with Crippen LogP contribution in [-0.2, 0) is 4.79 Å². The van der Waals surface area contributed by atoms with Crippen LogP contribution in [0.25, 0.3) is 0 Å². The Labute approximate surface area is 89.0 Å². The summed E-state index contributed by atoms with van der Waals surface area (Å²) in [7, 11) is 0. The summed E-state index contributed by atoms with van der Waals surface area (Å²) < 4.78 is 0.610. The summed E-state index contributed by atoms with van der Waals surface area (Å²) in [5.41, 5.74) is 0.355. The first-order chi connectivity index (χ1) is 6.16. The summed E-state index contributed by atoms with van der Waals surface area (Å²) in [5, 5.41) is 0. The molecule has 0 N–H and O–H groups in total. The average molecular weight is 262 g/mol. The summed E-state index contributed by atoms with van der Waals surface area (Å²) in [6, 6.07) is 6.75. The van der Waals surface area contributed by atoms with Gasteiger partial charge in [0.1, 0.15) is 0 Å². The van der Waals surface area contributed by atoms with Gasteiger partial charge in [-0.15, -0.1) is 11.6 Å². The van der Waals surface area contributed by atoms with E-state index >= 15 is 0 Å². The second kappa shape index (κ2) is 4.53. The molecule has 0 atom stereocenters. The van der Waals surface area contributed by atoms with Gasteiger partial charge in [-0.25, -0.2) is 0 Å². The number of rotatable bonds is 3. The van der Waals surface area contributed by atoms with E-state index < -0.39 is 11.6 Å². The van der Waals surface area contributed by atoms with Gasteiger partial charge < -0.3 is 0 Å². The molecule has 4 heteroatoms. The number of ketones is 2. The Kier molecular flexibility index (Phi) is 3.63. The molecule has 1 rings (SSSR count). The van der Waals surface area contributed by atoms with Crippen molar-refractivity contribution < 1.29 is 9.59 Å². The number of halogens is 2. The van der Waals surface area contributed by atoms with Crippen molar-refractivity contribution in [3.05, 3.63) is 34.3 Å². The van der Waals surface area contributed by atoms with E-state index in [2.05, 4.69) is 15.9 Å². The maximum absolute atomic E-state index is 11.3. The average Bonchev–Trinajstić information content (AvgIpc) is 2.16. The van der Waals surface area contributed by atoms with Crippen molar-refractivity contribution in [2.75, 3.05) is 5.88 Å². The second-order valence-corrected chi connectivity index (χ2v) is 3.49. The molecule has 68 valence electrons. The van der Waals surface area contributed by atoms with Gasteiger partial charge in [0, 0.05) is 10.0 Å². The summed E-state index contributed by atoms with van der Waals surface area (Å²) in [6.45, 7) is 0.